The number of amides is 1. The Morgan fingerprint density at radius 1 is 1.10 bits per heavy atom. The molecule has 0 fully saturated rings. The van der Waals surface area contributed by atoms with Crippen molar-refractivity contribution in [3.8, 4) is 0 Å². The van der Waals surface area contributed by atoms with Crippen LogP contribution in [0, 0.1) is 6.92 Å². The van der Waals surface area contributed by atoms with Crippen LogP contribution in [0.4, 0.5) is 10.8 Å². The second kappa shape index (κ2) is 10.2. The molecule has 1 amide bonds. The molecule has 1 aromatic heterocycles. The van der Waals surface area contributed by atoms with Gasteiger partial charge in [0.2, 0.25) is 21.1 Å². The van der Waals surface area contributed by atoms with Gasteiger partial charge < -0.3 is 10.6 Å². The molecule has 0 unspecified atom stereocenters. The Labute approximate surface area is 190 Å². The molecular weight excluding hydrogens is 454 g/mol. The quantitative estimate of drug-likeness (QED) is 0.456. The van der Waals surface area contributed by atoms with E-state index in [4.69, 9.17) is 0 Å². The minimum absolute atomic E-state index is 0.124. The second-order valence-corrected chi connectivity index (χ2v) is 11.1. The number of aromatic nitrogens is 2. The molecule has 0 radical (unpaired) electrons. The SMILES string of the molecule is Cc1ccc(Nc2nnc(SCC(=O)NCc3ccccc3S(=O)(=O)N(C)C)s2)cc1. The van der Waals surface area contributed by atoms with Crippen LogP contribution in [0.25, 0.3) is 0 Å². The van der Waals surface area contributed by atoms with E-state index in [2.05, 4.69) is 20.8 Å². The summed E-state index contributed by atoms with van der Waals surface area (Å²) in [5.41, 5.74) is 2.63. The van der Waals surface area contributed by atoms with Crippen molar-refractivity contribution in [2.24, 2.45) is 0 Å². The lowest BCUT2D eigenvalue weighted by atomic mass is 10.2. The van der Waals surface area contributed by atoms with Gasteiger partial charge in [-0.1, -0.05) is 59.0 Å². The average Bonchev–Trinajstić information content (AvgIpc) is 3.19. The Morgan fingerprint density at radius 2 is 1.81 bits per heavy atom. The van der Waals surface area contributed by atoms with Crippen LogP contribution in [0.1, 0.15) is 11.1 Å². The third-order valence-corrected chi connectivity index (χ3v) is 8.13. The number of anilines is 2. The maximum Gasteiger partial charge on any atom is 0.242 e. The third kappa shape index (κ3) is 6.26. The van der Waals surface area contributed by atoms with Gasteiger partial charge in [-0.15, -0.1) is 10.2 Å². The van der Waals surface area contributed by atoms with E-state index in [-0.39, 0.29) is 23.1 Å². The first-order chi connectivity index (χ1) is 14.8. The number of nitrogens with one attached hydrogen (secondary N) is 2. The lowest BCUT2D eigenvalue weighted by molar-refractivity contribution is -0.118. The van der Waals surface area contributed by atoms with Gasteiger partial charge in [-0.2, -0.15) is 0 Å². The van der Waals surface area contributed by atoms with Crippen molar-refractivity contribution >= 4 is 49.8 Å². The molecule has 0 aliphatic rings. The fourth-order valence-corrected chi connectivity index (χ4v) is 5.27. The summed E-state index contributed by atoms with van der Waals surface area (Å²) in [6.45, 7) is 2.15. The van der Waals surface area contributed by atoms with Crippen molar-refractivity contribution < 1.29 is 13.2 Å². The summed E-state index contributed by atoms with van der Waals surface area (Å²) >= 11 is 2.64. The zero-order chi connectivity index (χ0) is 22.4. The van der Waals surface area contributed by atoms with Crippen LogP contribution in [0.3, 0.4) is 0 Å². The minimum Gasteiger partial charge on any atom is -0.351 e. The Hall–Kier alpha value is -2.47. The molecule has 8 nitrogen and oxygen atoms in total. The summed E-state index contributed by atoms with van der Waals surface area (Å²) in [5.74, 6) is -0.0628. The molecule has 0 aliphatic heterocycles. The summed E-state index contributed by atoms with van der Waals surface area (Å²) in [5, 5.41) is 14.8. The number of benzene rings is 2. The van der Waals surface area contributed by atoms with Gasteiger partial charge in [0.25, 0.3) is 0 Å². The van der Waals surface area contributed by atoms with Gasteiger partial charge in [0.1, 0.15) is 0 Å². The molecule has 2 aromatic carbocycles. The summed E-state index contributed by atoms with van der Waals surface area (Å²) in [6, 6.07) is 14.6. The van der Waals surface area contributed by atoms with Gasteiger partial charge in [0.15, 0.2) is 4.34 Å². The number of carbonyl (C=O) groups is 1. The van der Waals surface area contributed by atoms with Crippen LogP contribution in [0.2, 0.25) is 0 Å². The molecule has 0 aliphatic carbocycles. The van der Waals surface area contributed by atoms with Crippen LogP contribution < -0.4 is 10.6 Å². The van der Waals surface area contributed by atoms with Crippen molar-refractivity contribution in [1.29, 1.82) is 0 Å². The number of nitrogens with zero attached hydrogens (tertiary/aromatic N) is 3. The average molecular weight is 478 g/mol. The van der Waals surface area contributed by atoms with E-state index in [9.17, 15) is 13.2 Å². The molecule has 164 valence electrons. The van der Waals surface area contributed by atoms with Crippen molar-refractivity contribution in [3.63, 3.8) is 0 Å². The highest BCUT2D eigenvalue weighted by Gasteiger charge is 2.20. The Balaban J connectivity index is 1.53. The fraction of sp³-hybridized carbons (Fsp3) is 0.250. The van der Waals surface area contributed by atoms with Crippen LogP contribution in [0.15, 0.2) is 57.8 Å². The first kappa shape index (κ1) is 23.2. The van der Waals surface area contributed by atoms with E-state index in [1.54, 1.807) is 18.2 Å². The third-order valence-electron chi connectivity index (χ3n) is 4.24. The predicted molar refractivity (Wildman–Crippen MR) is 124 cm³/mol. The van der Waals surface area contributed by atoms with E-state index >= 15 is 0 Å². The topological polar surface area (TPSA) is 104 Å². The Morgan fingerprint density at radius 3 is 2.52 bits per heavy atom. The number of sulfonamides is 1. The fourth-order valence-electron chi connectivity index (χ4n) is 2.55. The highest BCUT2D eigenvalue weighted by Crippen LogP contribution is 2.27. The van der Waals surface area contributed by atoms with Crippen LogP contribution >= 0.6 is 23.1 Å². The highest BCUT2D eigenvalue weighted by atomic mass is 32.2. The van der Waals surface area contributed by atoms with Gasteiger partial charge in [0.05, 0.1) is 10.6 Å². The lowest BCUT2D eigenvalue weighted by Gasteiger charge is -2.15. The highest BCUT2D eigenvalue weighted by molar-refractivity contribution is 8.01. The van der Waals surface area contributed by atoms with Crippen molar-refractivity contribution in [3.05, 3.63) is 59.7 Å². The Kier molecular flexibility index (Phi) is 7.65. The molecule has 0 saturated carbocycles. The summed E-state index contributed by atoms with van der Waals surface area (Å²) in [6.07, 6.45) is 0. The molecule has 0 atom stereocenters. The first-order valence-corrected chi connectivity index (χ1v) is 12.6. The van der Waals surface area contributed by atoms with E-state index in [0.29, 0.717) is 15.0 Å². The molecule has 3 rings (SSSR count). The molecule has 3 aromatic rings. The molecule has 0 bridgehead atoms. The lowest BCUT2D eigenvalue weighted by Crippen LogP contribution is -2.27. The molecule has 11 heteroatoms. The van der Waals surface area contributed by atoms with Crippen LogP contribution in [-0.2, 0) is 21.4 Å². The van der Waals surface area contributed by atoms with E-state index < -0.39 is 10.0 Å². The number of carbonyl (C=O) groups excluding carboxylic acids is 1. The minimum atomic E-state index is -3.58. The number of thioether (sulfide) groups is 1. The zero-order valence-corrected chi connectivity index (χ0v) is 19.8. The van der Waals surface area contributed by atoms with Crippen LogP contribution in [-0.4, -0.2) is 48.7 Å². The first-order valence-electron chi connectivity index (χ1n) is 9.33. The number of aryl methyl sites for hydroxylation is 1. The standard InChI is InChI=1S/C20H23N5O3S3/c1-14-8-10-16(11-9-14)22-19-23-24-20(30-19)29-13-18(26)21-12-15-6-4-5-7-17(15)31(27,28)25(2)3/h4-11H,12-13H2,1-3H3,(H,21,26)(H,22,23). The van der Waals surface area contributed by atoms with Crippen molar-refractivity contribution in [2.75, 3.05) is 25.2 Å². The summed E-state index contributed by atoms with van der Waals surface area (Å²) < 4.78 is 26.7. The maximum atomic E-state index is 12.4. The van der Waals surface area contributed by atoms with Crippen LogP contribution in [0.5, 0.6) is 0 Å². The summed E-state index contributed by atoms with van der Waals surface area (Å²) in [4.78, 5) is 12.4. The largest absolute Gasteiger partial charge is 0.351 e. The van der Waals surface area contributed by atoms with Crippen molar-refractivity contribution in [2.45, 2.75) is 22.7 Å². The molecule has 31 heavy (non-hydrogen) atoms. The van der Waals surface area contributed by atoms with Gasteiger partial charge in [0, 0.05) is 26.3 Å². The molecule has 0 saturated heterocycles. The smallest absolute Gasteiger partial charge is 0.242 e. The number of hydrogen-bond donors (Lipinski definition) is 2. The van der Waals surface area contributed by atoms with Crippen molar-refractivity contribution in [1.82, 2.24) is 19.8 Å². The molecular formula is C20H23N5O3S3. The van der Waals surface area contributed by atoms with Gasteiger partial charge in [-0.05, 0) is 30.7 Å². The van der Waals surface area contributed by atoms with Gasteiger partial charge in [-0.25, -0.2) is 12.7 Å². The molecule has 2 N–H and O–H groups in total. The zero-order valence-electron chi connectivity index (χ0n) is 17.3. The van der Waals surface area contributed by atoms with Gasteiger partial charge >= 0.3 is 0 Å². The maximum absolute atomic E-state index is 12.4. The normalized spacial score (nSPS) is 11.5. The van der Waals surface area contributed by atoms with Gasteiger partial charge in [-0.3, -0.25) is 4.79 Å². The summed E-state index contributed by atoms with van der Waals surface area (Å²) in [7, 11) is -0.628. The molecule has 1 heterocycles. The second-order valence-electron chi connectivity index (χ2n) is 6.82. The molecule has 0 spiro atoms. The number of rotatable bonds is 9. The monoisotopic (exact) mass is 477 g/mol. The Bertz CT molecular complexity index is 1140. The van der Waals surface area contributed by atoms with E-state index in [1.807, 2.05) is 31.2 Å². The number of hydrogen-bond acceptors (Lipinski definition) is 8. The van der Waals surface area contributed by atoms with E-state index in [0.717, 1.165) is 9.99 Å². The van der Waals surface area contributed by atoms with E-state index in [1.165, 1.54) is 48.8 Å². The predicted octanol–water partition coefficient (Wildman–Crippen LogP) is 3.25.